The molecule has 0 fully saturated rings. The van der Waals surface area contributed by atoms with Gasteiger partial charge in [0.1, 0.15) is 5.75 Å². The number of methoxy groups -OCH3 is 2. The summed E-state index contributed by atoms with van der Waals surface area (Å²) in [7, 11) is 4.78. The zero-order valence-electron chi connectivity index (χ0n) is 14.6. The number of amides is 1. The highest BCUT2D eigenvalue weighted by Gasteiger charge is 2.11. The van der Waals surface area contributed by atoms with Gasteiger partial charge in [0.25, 0.3) is 0 Å². The minimum absolute atomic E-state index is 0.0252. The fourth-order valence-corrected chi connectivity index (χ4v) is 3.13. The predicted octanol–water partition coefficient (Wildman–Crippen LogP) is 3.98. The van der Waals surface area contributed by atoms with Crippen molar-refractivity contribution in [3.63, 3.8) is 0 Å². The van der Waals surface area contributed by atoms with Gasteiger partial charge in [-0.2, -0.15) is 0 Å². The quantitative estimate of drug-likeness (QED) is 0.665. The van der Waals surface area contributed by atoms with E-state index in [2.05, 4.69) is 0 Å². The molecule has 0 aliphatic carbocycles. The SMILES string of the molecule is COc1ccc(SCCC(=O)N(C)Cc2ccc(OC)c(F)c2)cc1. The van der Waals surface area contributed by atoms with Crippen molar-refractivity contribution in [1.82, 2.24) is 4.90 Å². The van der Waals surface area contributed by atoms with E-state index >= 15 is 0 Å². The van der Waals surface area contributed by atoms with Crippen LogP contribution in [0.15, 0.2) is 47.4 Å². The predicted molar refractivity (Wildman–Crippen MR) is 97.8 cm³/mol. The number of carbonyl (C=O) groups is 1. The van der Waals surface area contributed by atoms with Crippen LogP contribution in [0, 0.1) is 5.82 Å². The van der Waals surface area contributed by atoms with E-state index < -0.39 is 5.82 Å². The van der Waals surface area contributed by atoms with Crippen molar-refractivity contribution in [2.24, 2.45) is 0 Å². The zero-order chi connectivity index (χ0) is 18.2. The molecule has 25 heavy (non-hydrogen) atoms. The summed E-state index contributed by atoms with van der Waals surface area (Å²) in [5.74, 6) is 1.31. The molecule has 0 atom stereocenters. The Bertz CT molecular complexity index is 706. The lowest BCUT2D eigenvalue weighted by atomic mass is 10.2. The molecule has 2 rings (SSSR count). The average molecular weight is 363 g/mol. The van der Waals surface area contributed by atoms with Gasteiger partial charge in [-0.1, -0.05) is 6.07 Å². The van der Waals surface area contributed by atoms with Crippen LogP contribution in [0.3, 0.4) is 0 Å². The van der Waals surface area contributed by atoms with E-state index in [1.807, 2.05) is 24.3 Å². The summed E-state index contributed by atoms with van der Waals surface area (Å²) >= 11 is 1.62. The minimum atomic E-state index is -0.420. The third-order valence-corrected chi connectivity index (χ3v) is 4.72. The Morgan fingerprint density at radius 2 is 1.84 bits per heavy atom. The number of ether oxygens (including phenoxy) is 2. The van der Waals surface area contributed by atoms with Gasteiger partial charge in [-0.3, -0.25) is 4.79 Å². The van der Waals surface area contributed by atoms with Crippen molar-refractivity contribution in [2.45, 2.75) is 17.9 Å². The summed E-state index contributed by atoms with van der Waals surface area (Å²) < 4.78 is 23.7. The minimum Gasteiger partial charge on any atom is -0.497 e. The summed E-state index contributed by atoms with van der Waals surface area (Å²) in [5.41, 5.74) is 0.733. The van der Waals surface area contributed by atoms with Gasteiger partial charge < -0.3 is 14.4 Å². The van der Waals surface area contributed by atoms with Crippen molar-refractivity contribution in [2.75, 3.05) is 27.0 Å². The lowest BCUT2D eigenvalue weighted by Gasteiger charge is -2.17. The molecule has 2 aromatic rings. The van der Waals surface area contributed by atoms with Crippen LogP contribution in [0.4, 0.5) is 4.39 Å². The molecular formula is C19H22FNO3S. The number of rotatable bonds is 8. The number of benzene rings is 2. The second-order valence-corrected chi connectivity index (χ2v) is 6.66. The van der Waals surface area contributed by atoms with Gasteiger partial charge in [0.05, 0.1) is 14.2 Å². The maximum Gasteiger partial charge on any atom is 0.223 e. The summed E-state index contributed by atoms with van der Waals surface area (Å²) in [6.07, 6.45) is 0.422. The van der Waals surface area contributed by atoms with Gasteiger partial charge in [0, 0.05) is 30.7 Å². The molecule has 0 unspecified atom stereocenters. The van der Waals surface area contributed by atoms with Crippen LogP contribution >= 0.6 is 11.8 Å². The molecular weight excluding hydrogens is 341 g/mol. The van der Waals surface area contributed by atoms with E-state index in [0.717, 1.165) is 16.2 Å². The number of hydrogen-bond acceptors (Lipinski definition) is 4. The summed E-state index contributed by atoms with van der Waals surface area (Å²) in [6, 6.07) is 12.5. The Morgan fingerprint density at radius 1 is 1.12 bits per heavy atom. The Hall–Kier alpha value is -2.21. The lowest BCUT2D eigenvalue weighted by molar-refractivity contribution is -0.129. The first kappa shape index (κ1) is 19.1. The number of halogens is 1. The van der Waals surface area contributed by atoms with E-state index in [9.17, 15) is 9.18 Å². The van der Waals surface area contributed by atoms with E-state index in [1.54, 1.807) is 43.0 Å². The van der Waals surface area contributed by atoms with Crippen molar-refractivity contribution in [3.8, 4) is 11.5 Å². The lowest BCUT2D eigenvalue weighted by Crippen LogP contribution is -2.26. The molecule has 134 valence electrons. The maximum atomic E-state index is 13.7. The standard InChI is InChI=1S/C19H22FNO3S/c1-21(13-14-4-9-18(24-3)17(20)12-14)19(22)10-11-25-16-7-5-15(23-2)6-8-16/h4-9,12H,10-11,13H2,1-3H3. The number of carbonyl (C=O) groups excluding carboxylic acids is 1. The van der Waals surface area contributed by atoms with Crippen molar-refractivity contribution in [3.05, 3.63) is 53.8 Å². The molecule has 0 radical (unpaired) electrons. The largest absolute Gasteiger partial charge is 0.497 e. The van der Waals surface area contributed by atoms with Crippen LogP contribution in [0.2, 0.25) is 0 Å². The highest BCUT2D eigenvalue weighted by atomic mass is 32.2. The summed E-state index contributed by atoms with van der Waals surface area (Å²) in [4.78, 5) is 14.9. The Labute approximate surface area is 151 Å². The molecule has 0 spiro atoms. The van der Waals surface area contributed by atoms with Gasteiger partial charge in [-0.25, -0.2) is 4.39 Å². The fourth-order valence-electron chi connectivity index (χ4n) is 2.29. The highest BCUT2D eigenvalue weighted by Crippen LogP contribution is 2.22. The van der Waals surface area contributed by atoms with Crippen LogP contribution in [0.25, 0.3) is 0 Å². The normalized spacial score (nSPS) is 10.4. The van der Waals surface area contributed by atoms with Crippen LogP contribution in [-0.2, 0) is 11.3 Å². The molecule has 0 aromatic heterocycles. The second kappa shape index (κ2) is 9.32. The Kier molecular flexibility index (Phi) is 7.13. The van der Waals surface area contributed by atoms with E-state index in [-0.39, 0.29) is 11.7 Å². The monoisotopic (exact) mass is 363 g/mol. The summed E-state index contributed by atoms with van der Waals surface area (Å²) in [6.45, 7) is 0.368. The summed E-state index contributed by atoms with van der Waals surface area (Å²) in [5, 5.41) is 0. The van der Waals surface area contributed by atoms with Crippen molar-refractivity contribution in [1.29, 1.82) is 0 Å². The molecule has 0 N–H and O–H groups in total. The first-order valence-electron chi connectivity index (χ1n) is 7.86. The van der Waals surface area contributed by atoms with Gasteiger partial charge >= 0.3 is 0 Å². The third kappa shape index (κ3) is 5.67. The number of nitrogens with zero attached hydrogens (tertiary/aromatic N) is 1. The molecule has 6 heteroatoms. The van der Waals surface area contributed by atoms with Crippen LogP contribution in [-0.4, -0.2) is 37.8 Å². The molecule has 0 aliphatic heterocycles. The maximum absolute atomic E-state index is 13.7. The second-order valence-electron chi connectivity index (χ2n) is 5.49. The van der Waals surface area contributed by atoms with Crippen LogP contribution < -0.4 is 9.47 Å². The highest BCUT2D eigenvalue weighted by molar-refractivity contribution is 7.99. The molecule has 4 nitrogen and oxygen atoms in total. The van der Waals surface area contributed by atoms with E-state index in [1.165, 1.54) is 13.2 Å². The van der Waals surface area contributed by atoms with Gasteiger partial charge in [0.2, 0.25) is 5.91 Å². The van der Waals surface area contributed by atoms with Gasteiger partial charge in [-0.15, -0.1) is 11.8 Å². The molecule has 2 aromatic carbocycles. The van der Waals surface area contributed by atoms with Crippen LogP contribution in [0.1, 0.15) is 12.0 Å². The smallest absolute Gasteiger partial charge is 0.223 e. The van der Waals surface area contributed by atoms with Crippen LogP contribution in [0.5, 0.6) is 11.5 Å². The molecule has 0 saturated heterocycles. The zero-order valence-corrected chi connectivity index (χ0v) is 15.4. The third-order valence-electron chi connectivity index (χ3n) is 3.71. The molecule has 0 heterocycles. The molecule has 0 saturated carbocycles. The van der Waals surface area contributed by atoms with Crippen molar-refractivity contribution < 1.29 is 18.7 Å². The molecule has 0 aliphatic rings. The molecule has 0 bridgehead atoms. The first-order valence-corrected chi connectivity index (χ1v) is 8.85. The molecule has 1 amide bonds. The van der Waals surface area contributed by atoms with E-state index in [0.29, 0.717) is 18.7 Å². The Morgan fingerprint density at radius 3 is 2.44 bits per heavy atom. The van der Waals surface area contributed by atoms with Crippen molar-refractivity contribution >= 4 is 17.7 Å². The van der Waals surface area contributed by atoms with E-state index in [4.69, 9.17) is 9.47 Å². The first-order chi connectivity index (χ1) is 12.0. The average Bonchev–Trinajstić information content (AvgIpc) is 2.62. The van der Waals surface area contributed by atoms with Gasteiger partial charge in [-0.05, 0) is 42.0 Å². The number of hydrogen-bond donors (Lipinski definition) is 0. The topological polar surface area (TPSA) is 38.8 Å². The fraction of sp³-hybridized carbons (Fsp3) is 0.316. The Balaban J connectivity index is 1.80. The van der Waals surface area contributed by atoms with Gasteiger partial charge in [0.15, 0.2) is 11.6 Å². The number of thioether (sulfide) groups is 1.